The quantitative estimate of drug-likeness (QED) is 0.631. The number of hydrogen-bond donors (Lipinski definition) is 3. The first-order valence-electron chi connectivity index (χ1n) is 4.52. The average Bonchev–Trinajstić information content (AvgIpc) is 2.62. The van der Waals surface area contributed by atoms with Crippen LogP contribution in [-0.2, 0) is 6.42 Å². The van der Waals surface area contributed by atoms with Crippen LogP contribution in [0.15, 0.2) is 24.4 Å². The van der Waals surface area contributed by atoms with Gasteiger partial charge >= 0.3 is 0 Å². The van der Waals surface area contributed by atoms with Crippen molar-refractivity contribution in [3.63, 3.8) is 0 Å². The summed E-state index contributed by atoms with van der Waals surface area (Å²) in [4.78, 5) is 7.97. The van der Waals surface area contributed by atoms with Gasteiger partial charge in [0, 0.05) is 17.1 Å². The van der Waals surface area contributed by atoms with Crippen LogP contribution in [-0.4, -0.2) is 11.5 Å². The molecule has 14 heavy (non-hydrogen) atoms. The van der Waals surface area contributed by atoms with Gasteiger partial charge in [-0.25, -0.2) is 0 Å². The molecule has 1 aromatic carbocycles. The van der Waals surface area contributed by atoms with Crippen LogP contribution in [0.25, 0.3) is 10.9 Å². The second-order valence-electron chi connectivity index (χ2n) is 3.15. The Balaban J connectivity index is 2.62. The Kier molecular flexibility index (Phi) is 2.39. The molecule has 1 aromatic heterocycles. The Morgan fingerprint density at radius 1 is 1.36 bits per heavy atom. The predicted octanol–water partition coefficient (Wildman–Crippen LogP) is 0.922. The summed E-state index contributed by atoms with van der Waals surface area (Å²) >= 11 is 0. The lowest BCUT2D eigenvalue weighted by molar-refractivity contribution is 0.338. The van der Waals surface area contributed by atoms with Gasteiger partial charge in [0.1, 0.15) is 0 Å². The maximum Gasteiger partial charge on any atom is 0.156 e. The molecule has 0 spiro atoms. The van der Waals surface area contributed by atoms with Crippen molar-refractivity contribution >= 4 is 10.9 Å². The monoisotopic (exact) mass is 191 g/mol. The highest BCUT2D eigenvalue weighted by Crippen LogP contribution is 2.27. The third kappa shape index (κ3) is 1.34. The second kappa shape index (κ2) is 3.69. The molecule has 0 bridgehead atoms. The van der Waals surface area contributed by atoms with Gasteiger partial charge in [-0.1, -0.05) is 6.07 Å². The van der Waals surface area contributed by atoms with Crippen LogP contribution >= 0.6 is 0 Å². The molecule has 0 saturated heterocycles. The zero-order valence-corrected chi connectivity index (χ0v) is 7.79. The fraction of sp³-hybridized carbons (Fsp3) is 0.200. The number of nitrogens with two attached hydrogens (primary N) is 2. The highest BCUT2D eigenvalue weighted by Gasteiger charge is 2.07. The lowest BCUT2D eigenvalue weighted by atomic mass is 10.1. The molecule has 74 valence electrons. The van der Waals surface area contributed by atoms with Crippen LogP contribution < -0.4 is 16.5 Å². The van der Waals surface area contributed by atoms with E-state index < -0.39 is 0 Å². The lowest BCUT2D eigenvalue weighted by Crippen LogP contribution is -2.04. The van der Waals surface area contributed by atoms with E-state index in [2.05, 4.69) is 4.98 Å². The summed E-state index contributed by atoms with van der Waals surface area (Å²) in [5.74, 6) is 5.88. The first-order valence-corrected chi connectivity index (χ1v) is 4.52. The number of fused-ring (bicyclic) bond motifs is 1. The van der Waals surface area contributed by atoms with Gasteiger partial charge in [0.05, 0.1) is 0 Å². The molecule has 4 nitrogen and oxygen atoms in total. The number of nitrogens with one attached hydrogen (secondary N) is 1. The highest BCUT2D eigenvalue weighted by molar-refractivity contribution is 5.89. The lowest BCUT2D eigenvalue weighted by Gasteiger charge is -2.02. The minimum absolute atomic E-state index is 0.617. The Morgan fingerprint density at radius 3 is 2.93 bits per heavy atom. The largest absolute Gasteiger partial charge is 0.411 e. The summed E-state index contributed by atoms with van der Waals surface area (Å²) in [5.41, 5.74) is 7.68. The molecule has 0 amide bonds. The van der Waals surface area contributed by atoms with E-state index in [1.54, 1.807) is 0 Å². The number of aromatic nitrogens is 1. The molecule has 5 N–H and O–H groups in total. The van der Waals surface area contributed by atoms with Crippen molar-refractivity contribution in [1.82, 2.24) is 4.98 Å². The van der Waals surface area contributed by atoms with Gasteiger partial charge in [-0.05, 0) is 30.7 Å². The summed E-state index contributed by atoms with van der Waals surface area (Å²) in [6.07, 6.45) is 2.76. The Bertz CT molecular complexity index is 436. The van der Waals surface area contributed by atoms with Crippen molar-refractivity contribution in [1.29, 1.82) is 0 Å². The molecule has 1 heterocycles. The topological polar surface area (TPSA) is 77.1 Å². The van der Waals surface area contributed by atoms with Crippen LogP contribution in [0, 0.1) is 0 Å². The van der Waals surface area contributed by atoms with Crippen molar-refractivity contribution < 1.29 is 4.84 Å². The molecular weight excluding hydrogens is 178 g/mol. The number of H-pyrrole nitrogens is 1. The SMILES string of the molecule is NCCc1c[nH]c2cccc(ON)c12. The van der Waals surface area contributed by atoms with Gasteiger partial charge < -0.3 is 15.6 Å². The van der Waals surface area contributed by atoms with Gasteiger partial charge in [-0.15, -0.1) is 0 Å². The Labute approximate surface area is 81.8 Å². The van der Waals surface area contributed by atoms with E-state index in [1.165, 1.54) is 0 Å². The maximum absolute atomic E-state index is 5.52. The van der Waals surface area contributed by atoms with Gasteiger partial charge in [0.25, 0.3) is 0 Å². The van der Waals surface area contributed by atoms with E-state index in [0.29, 0.717) is 12.3 Å². The number of hydrogen-bond acceptors (Lipinski definition) is 3. The van der Waals surface area contributed by atoms with Crippen LogP contribution in [0.1, 0.15) is 5.56 Å². The zero-order chi connectivity index (χ0) is 9.97. The molecule has 0 aliphatic rings. The minimum atomic E-state index is 0.617. The number of aromatic amines is 1. The first-order chi connectivity index (χ1) is 6.86. The zero-order valence-electron chi connectivity index (χ0n) is 7.79. The third-order valence-corrected chi connectivity index (χ3v) is 2.29. The number of benzene rings is 1. The van der Waals surface area contributed by atoms with Gasteiger partial charge in [0.2, 0.25) is 0 Å². The van der Waals surface area contributed by atoms with E-state index in [1.807, 2.05) is 24.4 Å². The van der Waals surface area contributed by atoms with Gasteiger partial charge in [0.15, 0.2) is 5.75 Å². The van der Waals surface area contributed by atoms with E-state index >= 15 is 0 Å². The summed E-state index contributed by atoms with van der Waals surface area (Å²) in [5, 5.41) is 1.03. The summed E-state index contributed by atoms with van der Waals surface area (Å²) in [6, 6.07) is 5.72. The second-order valence-corrected chi connectivity index (χ2v) is 3.15. The van der Waals surface area contributed by atoms with E-state index in [4.69, 9.17) is 16.5 Å². The summed E-state index contributed by atoms with van der Waals surface area (Å²) in [6.45, 7) is 0.617. The Hall–Kier alpha value is -1.52. The van der Waals surface area contributed by atoms with Crippen molar-refractivity contribution in [2.75, 3.05) is 6.54 Å². The Morgan fingerprint density at radius 2 is 2.21 bits per heavy atom. The first kappa shape index (κ1) is 9.05. The van der Waals surface area contributed by atoms with Crippen LogP contribution in [0.4, 0.5) is 0 Å². The van der Waals surface area contributed by atoms with Crippen LogP contribution in [0.3, 0.4) is 0 Å². The van der Waals surface area contributed by atoms with Gasteiger partial charge in [-0.2, -0.15) is 5.90 Å². The standard InChI is InChI=1S/C10H13N3O/c11-5-4-7-6-13-8-2-1-3-9(14-12)10(7)8/h1-3,6,13H,4-5,11-12H2. The number of rotatable bonds is 3. The molecule has 0 radical (unpaired) electrons. The molecule has 0 atom stereocenters. The molecule has 4 heteroatoms. The normalized spacial score (nSPS) is 10.7. The molecule has 0 fully saturated rings. The molecule has 0 unspecified atom stereocenters. The highest BCUT2D eigenvalue weighted by atomic mass is 16.6. The van der Waals surface area contributed by atoms with Crippen molar-refractivity contribution in [2.45, 2.75) is 6.42 Å². The molecule has 2 aromatic rings. The molecular formula is C10H13N3O. The predicted molar refractivity (Wildman–Crippen MR) is 55.9 cm³/mol. The molecule has 0 saturated carbocycles. The smallest absolute Gasteiger partial charge is 0.156 e. The van der Waals surface area contributed by atoms with Crippen molar-refractivity contribution in [2.24, 2.45) is 11.6 Å². The fourth-order valence-corrected chi connectivity index (χ4v) is 1.67. The van der Waals surface area contributed by atoms with E-state index in [-0.39, 0.29) is 0 Å². The summed E-state index contributed by atoms with van der Waals surface area (Å²) < 4.78 is 0. The molecule has 0 aliphatic heterocycles. The fourth-order valence-electron chi connectivity index (χ4n) is 1.67. The molecule has 0 aliphatic carbocycles. The van der Waals surface area contributed by atoms with E-state index in [0.717, 1.165) is 22.9 Å². The van der Waals surface area contributed by atoms with Crippen molar-refractivity contribution in [3.8, 4) is 5.75 Å². The van der Waals surface area contributed by atoms with Crippen LogP contribution in [0.2, 0.25) is 0 Å². The van der Waals surface area contributed by atoms with Gasteiger partial charge in [-0.3, -0.25) is 0 Å². The van der Waals surface area contributed by atoms with Crippen LogP contribution in [0.5, 0.6) is 5.75 Å². The molecule has 2 rings (SSSR count). The maximum atomic E-state index is 5.52. The summed E-state index contributed by atoms with van der Waals surface area (Å²) in [7, 11) is 0. The van der Waals surface area contributed by atoms with Crippen molar-refractivity contribution in [3.05, 3.63) is 30.0 Å². The minimum Gasteiger partial charge on any atom is -0.411 e. The third-order valence-electron chi connectivity index (χ3n) is 2.29. The average molecular weight is 191 g/mol. The van der Waals surface area contributed by atoms with E-state index in [9.17, 15) is 0 Å².